The second-order valence-electron chi connectivity index (χ2n) is 5.64. The first kappa shape index (κ1) is 16.9. The normalized spacial score (nSPS) is 12.3. The van der Waals surface area contributed by atoms with Crippen LogP contribution in [0.5, 0.6) is 0 Å². The maximum atomic E-state index is 12.5. The molecule has 2 aromatic carbocycles. The largest absolute Gasteiger partial charge is 0.431 e. The number of thioether (sulfide) groups is 1. The van der Waals surface area contributed by atoms with E-state index in [0.717, 1.165) is 16.6 Å². The van der Waals surface area contributed by atoms with E-state index in [2.05, 4.69) is 10.3 Å². The molecule has 0 aliphatic heterocycles. The van der Waals surface area contributed by atoms with Gasteiger partial charge in [0.1, 0.15) is 5.52 Å². The number of carbonyl (C=O) groups excluding carboxylic acids is 1. The molecule has 4 nitrogen and oxygen atoms in total. The van der Waals surface area contributed by atoms with Crippen molar-refractivity contribution in [2.75, 3.05) is 5.32 Å². The summed E-state index contributed by atoms with van der Waals surface area (Å²) in [5.41, 5.74) is 4.14. The van der Waals surface area contributed by atoms with Crippen molar-refractivity contribution >= 4 is 46.1 Å². The van der Waals surface area contributed by atoms with E-state index in [1.165, 1.54) is 11.8 Å². The Bertz CT molecular complexity index is 851. The molecule has 3 aromatic rings. The van der Waals surface area contributed by atoms with E-state index >= 15 is 0 Å². The van der Waals surface area contributed by atoms with Gasteiger partial charge in [-0.25, -0.2) is 4.98 Å². The van der Waals surface area contributed by atoms with Gasteiger partial charge < -0.3 is 9.73 Å². The van der Waals surface area contributed by atoms with Gasteiger partial charge in [-0.05, 0) is 50.1 Å². The second-order valence-corrected chi connectivity index (χ2v) is 7.33. The molecule has 0 saturated carbocycles. The molecule has 1 amide bonds. The number of para-hydroxylation sites is 2. The average molecular weight is 361 g/mol. The molecule has 24 heavy (non-hydrogen) atoms. The van der Waals surface area contributed by atoms with Crippen molar-refractivity contribution in [1.29, 1.82) is 0 Å². The molecular weight excluding hydrogens is 344 g/mol. The molecule has 124 valence electrons. The highest BCUT2D eigenvalue weighted by Gasteiger charge is 2.19. The summed E-state index contributed by atoms with van der Waals surface area (Å²) in [6.07, 6.45) is 0. The summed E-state index contributed by atoms with van der Waals surface area (Å²) in [5, 5.41) is 3.55. The molecule has 0 radical (unpaired) electrons. The summed E-state index contributed by atoms with van der Waals surface area (Å²) in [5.74, 6) is -0.142. The van der Waals surface area contributed by atoms with E-state index in [1.807, 2.05) is 57.2 Å². The molecule has 1 aromatic heterocycles. The third-order valence-electron chi connectivity index (χ3n) is 3.60. The number of benzene rings is 2. The van der Waals surface area contributed by atoms with Crippen molar-refractivity contribution < 1.29 is 9.21 Å². The number of amides is 1. The monoisotopic (exact) mass is 360 g/mol. The van der Waals surface area contributed by atoms with Crippen LogP contribution in [0.2, 0.25) is 5.02 Å². The standard InChI is InChI=1S/C18H17ClN2O2S/c1-10-8-11(2)16(13(19)9-10)21-17(22)12(3)24-18-20-14-6-4-5-7-15(14)23-18/h4-9,12H,1-3H3,(H,21,22)/t12-/m1/s1. The molecule has 0 saturated heterocycles. The van der Waals surface area contributed by atoms with Gasteiger partial charge >= 0.3 is 0 Å². The number of nitrogens with one attached hydrogen (secondary N) is 1. The first-order chi connectivity index (χ1) is 11.4. The van der Waals surface area contributed by atoms with Crippen LogP contribution in [0.1, 0.15) is 18.1 Å². The third kappa shape index (κ3) is 3.57. The lowest BCUT2D eigenvalue weighted by atomic mass is 10.1. The van der Waals surface area contributed by atoms with Gasteiger partial charge in [0.15, 0.2) is 5.58 Å². The van der Waals surface area contributed by atoms with Gasteiger partial charge in [-0.1, -0.05) is 41.6 Å². The molecule has 1 heterocycles. The number of rotatable bonds is 4. The van der Waals surface area contributed by atoms with Crippen LogP contribution in [0.25, 0.3) is 11.1 Å². The lowest BCUT2D eigenvalue weighted by molar-refractivity contribution is -0.115. The fourth-order valence-corrected chi connectivity index (χ4v) is 3.53. The van der Waals surface area contributed by atoms with Crippen LogP contribution >= 0.6 is 23.4 Å². The fraction of sp³-hybridized carbons (Fsp3) is 0.222. The minimum absolute atomic E-state index is 0.142. The highest BCUT2D eigenvalue weighted by atomic mass is 35.5. The van der Waals surface area contributed by atoms with Gasteiger partial charge in [0.2, 0.25) is 5.91 Å². The number of halogens is 1. The van der Waals surface area contributed by atoms with Crippen LogP contribution in [-0.2, 0) is 4.79 Å². The molecule has 1 atom stereocenters. The maximum absolute atomic E-state index is 12.5. The smallest absolute Gasteiger partial charge is 0.257 e. The summed E-state index contributed by atoms with van der Waals surface area (Å²) in [6, 6.07) is 11.3. The molecule has 0 bridgehead atoms. The van der Waals surface area contributed by atoms with Crippen molar-refractivity contribution in [2.45, 2.75) is 31.2 Å². The molecule has 3 rings (SSSR count). The molecule has 0 fully saturated rings. The summed E-state index contributed by atoms with van der Waals surface area (Å²) < 4.78 is 5.65. The lowest BCUT2D eigenvalue weighted by Crippen LogP contribution is -2.23. The third-order valence-corrected chi connectivity index (χ3v) is 4.84. The molecular formula is C18H17ClN2O2S. The molecule has 0 aliphatic rings. The maximum Gasteiger partial charge on any atom is 0.257 e. The number of aryl methyl sites for hydroxylation is 2. The second kappa shape index (κ2) is 6.87. The predicted octanol–water partition coefficient (Wildman–Crippen LogP) is 5.22. The molecule has 0 spiro atoms. The van der Waals surface area contributed by atoms with Crippen LogP contribution in [0.4, 0.5) is 5.69 Å². The zero-order valence-electron chi connectivity index (χ0n) is 13.6. The van der Waals surface area contributed by atoms with Crippen molar-refractivity contribution in [3.05, 3.63) is 52.5 Å². The van der Waals surface area contributed by atoms with Gasteiger partial charge in [-0.2, -0.15) is 0 Å². The minimum atomic E-state index is -0.366. The van der Waals surface area contributed by atoms with Crippen molar-refractivity contribution in [3.8, 4) is 0 Å². The van der Waals surface area contributed by atoms with E-state index in [0.29, 0.717) is 21.5 Å². The van der Waals surface area contributed by atoms with Crippen LogP contribution in [-0.4, -0.2) is 16.1 Å². The number of aromatic nitrogens is 1. The Morgan fingerprint density at radius 1 is 1.29 bits per heavy atom. The minimum Gasteiger partial charge on any atom is -0.431 e. The van der Waals surface area contributed by atoms with E-state index in [-0.39, 0.29) is 11.2 Å². The first-order valence-electron chi connectivity index (χ1n) is 7.54. The predicted molar refractivity (Wildman–Crippen MR) is 98.9 cm³/mol. The quantitative estimate of drug-likeness (QED) is 0.648. The van der Waals surface area contributed by atoms with Crippen molar-refractivity contribution in [3.63, 3.8) is 0 Å². The topological polar surface area (TPSA) is 55.1 Å². The van der Waals surface area contributed by atoms with E-state index in [9.17, 15) is 4.79 Å². The number of hydrogen-bond acceptors (Lipinski definition) is 4. The number of fused-ring (bicyclic) bond motifs is 1. The van der Waals surface area contributed by atoms with Gasteiger partial charge in [0, 0.05) is 0 Å². The van der Waals surface area contributed by atoms with E-state index in [1.54, 1.807) is 0 Å². The molecule has 6 heteroatoms. The Kier molecular flexibility index (Phi) is 4.83. The zero-order valence-corrected chi connectivity index (χ0v) is 15.2. The van der Waals surface area contributed by atoms with Crippen molar-refractivity contribution in [1.82, 2.24) is 4.98 Å². The Morgan fingerprint density at radius 3 is 2.75 bits per heavy atom. The SMILES string of the molecule is Cc1cc(C)c(NC(=O)[C@@H](C)Sc2nc3ccccc3o2)c(Cl)c1. The van der Waals surface area contributed by atoms with Crippen LogP contribution in [0.15, 0.2) is 46.0 Å². The van der Waals surface area contributed by atoms with Gasteiger partial charge in [0.05, 0.1) is 16.0 Å². The molecule has 0 unspecified atom stereocenters. The highest BCUT2D eigenvalue weighted by molar-refractivity contribution is 8.00. The number of nitrogens with zero attached hydrogens (tertiary/aromatic N) is 1. The average Bonchev–Trinajstić information content (AvgIpc) is 2.92. The number of oxazole rings is 1. The summed E-state index contributed by atoms with van der Waals surface area (Å²) >= 11 is 7.52. The summed E-state index contributed by atoms with van der Waals surface area (Å²) in [4.78, 5) is 16.8. The number of carbonyl (C=O) groups is 1. The summed E-state index contributed by atoms with van der Waals surface area (Å²) in [7, 11) is 0. The number of hydrogen-bond donors (Lipinski definition) is 1. The zero-order chi connectivity index (χ0) is 17.3. The molecule has 0 aliphatic carbocycles. The molecule has 1 N–H and O–H groups in total. The number of anilines is 1. The van der Waals surface area contributed by atoms with Crippen molar-refractivity contribution in [2.24, 2.45) is 0 Å². The Morgan fingerprint density at radius 2 is 2.04 bits per heavy atom. The summed E-state index contributed by atoms with van der Waals surface area (Å²) in [6.45, 7) is 5.70. The van der Waals surface area contributed by atoms with Crippen LogP contribution < -0.4 is 5.32 Å². The Hall–Kier alpha value is -1.98. The highest BCUT2D eigenvalue weighted by Crippen LogP contribution is 2.30. The van der Waals surface area contributed by atoms with Gasteiger partial charge in [-0.3, -0.25) is 4.79 Å². The Labute approximate surface area is 149 Å². The van der Waals surface area contributed by atoms with Crippen LogP contribution in [0.3, 0.4) is 0 Å². The fourth-order valence-electron chi connectivity index (χ4n) is 2.41. The first-order valence-corrected chi connectivity index (χ1v) is 8.79. The van der Waals surface area contributed by atoms with Gasteiger partial charge in [-0.15, -0.1) is 0 Å². The Balaban J connectivity index is 1.73. The van der Waals surface area contributed by atoms with Crippen LogP contribution in [0, 0.1) is 13.8 Å². The van der Waals surface area contributed by atoms with Gasteiger partial charge in [0.25, 0.3) is 5.22 Å². The van der Waals surface area contributed by atoms with E-state index < -0.39 is 0 Å². The van der Waals surface area contributed by atoms with E-state index in [4.69, 9.17) is 16.0 Å². The lowest BCUT2D eigenvalue weighted by Gasteiger charge is -2.14.